The van der Waals surface area contributed by atoms with Gasteiger partial charge in [0.05, 0.1) is 18.5 Å². The summed E-state index contributed by atoms with van der Waals surface area (Å²) in [4.78, 5) is 29.5. The predicted molar refractivity (Wildman–Crippen MR) is 131 cm³/mol. The van der Waals surface area contributed by atoms with Crippen LogP contribution in [0.3, 0.4) is 0 Å². The highest BCUT2D eigenvalue weighted by Crippen LogP contribution is 2.34. The normalized spacial score (nSPS) is 21.6. The molecule has 1 aliphatic carbocycles. The van der Waals surface area contributed by atoms with Crippen LogP contribution in [0, 0.1) is 0 Å². The van der Waals surface area contributed by atoms with Gasteiger partial charge in [-0.3, -0.25) is 9.59 Å². The van der Waals surface area contributed by atoms with Gasteiger partial charge < -0.3 is 19.2 Å². The summed E-state index contributed by atoms with van der Waals surface area (Å²) in [6, 6.07) is 17.5. The first-order valence-corrected chi connectivity index (χ1v) is 12.5. The van der Waals surface area contributed by atoms with E-state index in [0.29, 0.717) is 24.5 Å². The second kappa shape index (κ2) is 9.53. The average molecular weight is 460 g/mol. The second-order valence-corrected chi connectivity index (χ2v) is 9.83. The molecule has 1 fully saturated rings. The maximum atomic E-state index is 13.9. The van der Waals surface area contributed by atoms with Gasteiger partial charge in [0.15, 0.2) is 0 Å². The minimum atomic E-state index is -1.03. The van der Waals surface area contributed by atoms with Gasteiger partial charge in [-0.15, -0.1) is 0 Å². The molecule has 0 spiro atoms. The number of nitrogens with one attached hydrogen (secondary N) is 1. The van der Waals surface area contributed by atoms with Crippen molar-refractivity contribution in [3.63, 3.8) is 0 Å². The van der Waals surface area contributed by atoms with E-state index in [4.69, 9.17) is 4.42 Å². The number of carbonyl (C=O) groups excluding carboxylic acids is 2. The number of aromatic nitrogens is 1. The SMILES string of the molecule is C[C@@]1(C(=O)NC2CCCCCCC2)Cn2c(ccc2-c2ccco2)C(=O)N1Cc1ccccc1. The number of amides is 2. The summed E-state index contributed by atoms with van der Waals surface area (Å²) in [6.45, 7) is 2.67. The van der Waals surface area contributed by atoms with Crippen molar-refractivity contribution in [3.8, 4) is 11.5 Å². The van der Waals surface area contributed by atoms with Crippen molar-refractivity contribution in [2.45, 2.75) is 76.5 Å². The molecule has 0 bridgehead atoms. The molecule has 6 heteroatoms. The van der Waals surface area contributed by atoms with Crippen LogP contribution in [0.2, 0.25) is 0 Å². The van der Waals surface area contributed by atoms with Crippen LogP contribution in [0.4, 0.5) is 0 Å². The van der Waals surface area contributed by atoms with Crippen molar-refractivity contribution >= 4 is 11.8 Å². The summed E-state index contributed by atoms with van der Waals surface area (Å²) in [6.07, 6.45) is 9.63. The smallest absolute Gasteiger partial charge is 0.271 e. The Morgan fingerprint density at radius 2 is 1.68 bits per heavy atom. The number of nitrogens with zero attached hydrogens (tertiary/aromatic N) is 2. The van der Waals surface area contributed by atoms with Crippen LogP contribution in [0.1, 0.15) is 67.9 Å². The molecule has 178 valence electrons. The average Bonchev–Trinajstić information content (AvgIpc) is 3.49. The van der Waals surface area contributed by atoms with Gasteiger partial charge in [0.2, 0.25) is 5.91 Å². The summed E-state index contributed by atoms with van der Waals surface area (Å²) < 4.78 is 7.58. The Balaban J connectivity index is 1.49. The third kappa shape index (κ3) is 4.29. The second-order valence-electron chi connectivity index (χ2n) is 9.83. The Morgan fingerprint density at radius 1 is 0.971 bits per heavy atom. The lowest BCUT2D eigenvalue weighted by molar-refractivity contribution is -0.134. The van der Waals surface area contributed by atoms with Crippen molar-refractivity contribution in [3.05, 3.63) is 72.1 Å². The van der Waals surface area contributed by atoms with Crippen molar-refractivity contribution in [2.75, 3.05) is 0 Å². The highest BCUT2D eigenvalue weighted by Gasteiger charge is 2.48. The van der Waals surface area contributed by atoms with Gasteiger partial charge in [0.25, 0.3) is 5.91 Å². The first-order chi connectivity index (χ1) is 16.6. The Labute approximate surface area is 200 Å². The standard InChI is InChI=1S/C28H33N3O3/c1-28(27(33)29-22-13-8-3-2-4-9-14-22)20-30-23(25-15-10-18-34-25)16-17-24(30)26(32)31(28)19-21-11-6-5-7-12-21/h5-7,10-12,15-18,22H,2-4,8-9,13-14,19-20H2,1H3,(H,29,33)/t28-/m0/s1. The third-order valence-corrected chi connectivity index (χ3v) is 7.39. The first kappa shape index (κ1) is 22.5. The molecule has 2 amide bonds. The quantitative estimate of drug-likeness (QED) is 0.556. The van der Waals surface area contributed by atoms with Gasteiger partial charge >= 0.3 is 0 Å². The van der Waals surface area contributed by atoms with E-state index in [2.05, 4.69) is 5.32 Å². The summed E-state index contributed by atoms with van der Waals surface area (Å²) >= 11 is 0. The van der Waals surface area contributed by atoms with Crippen LogP contribution in [0.15, 0.2) is 65.3 Å². The van der Waals surface area contributed by atoms with Gasteiger partial charge in [-0.1, -0.05) is 62.4 Å². The number of furan rings is 1. The minimum Gasteiger partial charge on any atom is -0.463 e. The first-order valence-electron chi connectivity index (χ1n) is 12.5. The predicted octanol–water partition coefficient (Wildman–Crippen LogP) is 5.39. The maximum Gasteiger partial charge on any atom is 0.271 e. The fourth-order valence-corrected chi connectivity index (χ4v) is 5.37. The number of rotatable bonds is 5. The van der Waals surface area contributed by atoms with Crippen LogP contribution in [0.5, 0.6) is 0 Å². The van der Waals surface area contributed by atoms with Gasteiger partial charge in [0, 0.05) is 12.6 Å². The molecule has 2 aliphatic rings. The van der Waals surface area contributed by atoms with Crippen LogP contribution < -0.4 is 5.32 Å². The Bertz CT molecular complexity index is 1130. The molecule has 5 rings (SSSR count). The Kier molecular flexibility index (Phi) is 6.31. The molecular formula is C28H33N3O3. The Hall–Kier alpha value is -3.28. The zero-order valence-electron chi connectivity index (χ0n) is 19.8. The lowest BCUT2D eigenvalue weighted by Gasteiger charge is -2.45. The van der Waals surface area contributed by atoms with Crippen molar-refractivity contribution in [2.24, 2.45) is 0 Å². The van der Waals surface area contributed by atoms with E-state index in [0.717, 1.165) is 36.9 Å². The summed E-state index contributed by atoms with van der Waals surface area (Å²) in [5, 5.41) is 3.34. The molecule has 1 aromatic carbocycles. The fourth-order valence-electron chi connectivity index (χ4n) is 5.37. The maximum absolute atomic E-state index is 13.9. The molecule has 0 saturated heterocycles. The number of carbonyl (C=O) groups is 2. The topological polar surface area (TPSA) is 67.5 Å². The molecular weight excluding hydrogens is 426 g/mol. The van der Waals surface area contributed by atoms with Crippen molar-refractivity contribution in [1.29, 1.82) is 0 Å². The van der Waals surface area contributed by atoms with Crippen LogP contribution in [-0.2, 0) is 17.9 Å². The van der Waals surface area contributed by atoms with Crippen molar-refractivity contribution < 1.29 is 14.0 Å². The summed E-state index contributed by atoms with van der Waals surface area (Å²) in [5.74, 6) is 0.480. The molecule has 3 aromatic rings. The van der Waals surface area contributed by atoms with E-state index in [-0.39, 0.29) is 17.9 Å². The summed E-state index contributed by atoms with van der Waals surface area (Å²) in [5.41, 5.74) is 1.38. The van der Waals surface area contributed by atoms with E-state index in [1.54, 1.807) is 11.2 Å². The molecule has 1 atom stereocenters. The fraction of sp³-hybridized carbons (Fsp3) is 0.429. The van der Waals surface area contributed by atoms with E-state index >= 15 is 0 Å². The third-order valence-electron chi connectivity index (χ3n) is 7.39. The van der Waals surface area contributed by atoms with Crippen molar-refractivity contribution in [1.82, 2.24) is 14.8 Å². The minimum absolute atomic E-state index is 0.0768. The number of fused-ring (bicyclic) bond motifs is 1. The molecule has 0 unspecified atom stereocenters. The highest BCUT2D eigenvalue weighted by atomic mass is 16.3. The lowest BCUT2D eigenvalue weighted by atomic mass is 9.91. The number of benzene rings is 1. The lowest BCUT2D eigenvalue weighted by Crippen LogP contribution is -2.64. The monoisotopic (exact) mass is 459 g/mol. The van der Waals surface area contributed by atoms with Gasteiger partial charge in [-0.25, -0.2) is 0 Å². The molecule has 1 aliphatic heterocycles. The van der Waals surface area contributed by atoms with Crippen LogP contribution in [-0.4, -0.2) is 32.9 Å². The van der Waals surface area contributed by atoms with Crippen LogP contribution in [0.25, 0.3) is 11.5 Å². The molecule has 34 heavy (non-hydrogen) atoms. The molecule has 1 N–H and O–H groups in total. The van der Waals surface area contributed by atoms with Gasteiger partial charge in [-0.05, 0) is 49.6 Å². The molecule has 0 radical (unpaired) electrons. The largest absolute Gasteiger partial charge is 0.463 e. The van der Waals surface area contributed by atoms with E-state index in [9.17, 15) is 9.59 Å². The highest BCUT2D eigenvalue weighted by molar-refractivity contribution is 6.00. The Morgan fingerprint density at radius 3 is 2.38 bits per heavy atom. The molecule has 6 nitrogen and oxygen atoms in total. The summed E-state index contributed by atoms with van der Waals surface area (Å²) in [7, 11) is 0. The van der Waals surface area contributed by atoms with Crippen LogP contribution >= 0.6 is 0 Å². The molecule has 1 saturated carbocycles. The molecule has 2 aromatic heterocycles. The molecule has 3 heterocycles. The van der Waals surface area contributed by atoms with E-state index < -0.39 is 5.54 Å². The van der Waals surface area contributed by atoms with Gasteiger partial charge in [-0.2, -0.15) is 0 Å². The number of hydrogen-bond acceptors (Lipinski definition) is 3. The number of hydrogen-bond donors (Lipinski definition) is 1. The van der Waals surface area contributed by atoms with Gasteiger partial charge in [0.1, 0.15) is 17.0 Å². The zero-order chi connectivity index (χ0) is 23.5. The van der Waals surface area contributed by atoms with E-state index in [1.165, 1.54) is 19.3 Å². The van der Waals surface area contributed by atoms with E-state index in [1.807, 2.05) is 66.1 Å². The zero-order valence-corrected chi connectivity index (χ0v) is 19.8.